The summed E-state index contributed by atoms with van der Waals surface area (Å²) in [6.07, 6.45) is 1.31. The molecule has 3 rings (SSSR count). The second-order valence-corrected chi connectivity index (χ2v) is 7.21. The van der Waals surface area contributed by atoms with Crippen molar-refractivity contribution in [3.05, 3.63) is 46.6 Å². The average molecular weight is 431 g/mol. The van der Waals surface area contributed by atoms with Crippen molar-refractivity contribution in [2.75, 3.05) is 43.1 Å². The smallest absolute Gasteiger partial charge is 0.302 e. The minimum Gasteiger partial charge on any atom is -0.418 e. The van der Waals surface area contributed by atoms with E-state index in [1.54, 1.807) is 13.0 Å². The number of nitrogens with zero attached hydrogens (tertiary/aromatic N) is 5. The number of oxazole rings is 1. The van der Waals surface area contributed by atoms with E-state index in [1.165, 1.54) is 6.20 Å². The van der Waals surface area contributed by atoms with E-state index in [0.717, 1.165) is 12.1 Å². The van der Waals surface area contributed by atoms with Crippen molar-refractivity contribution in [2.45, 2.75) is 13.8 Å². The number of carbonyl (C=O) groups is 1. The van der Waals surface area contributed by atoms with Gasteiger partial charge in [0.1, 0.15) is 5.82 Å². The average Bonchev–Trinajstić information content (AvgIpc) is 3.12. The molecule has 3 N–H and O–H groups in total. The second-order valence-electron chi connectivity index (χ2n) is 6.80. The number of halogens is 1. The molecule has 10 nitrogen and oxygen atoms in total. The molecule has 158 valence electrons. The van der Waals surface area contributed by atoms with Crippen LogP contribution in [0.4, 0.5) is 23.6 Å². The summed E-state index contributed by atoms with van der Waals surface area (Å²) in [5.74, 6) is 0.770. The number of hydrogen-bond acceptors (Lipinski definition) is 9. The van der Waals surface area contributed by atoms with Crippen LogP contribution in [0.2, 0.25) is 5.02 Å². The summed E-state index contributed by atoms with van der Waals surface area (Å²) < 4.78 is 5.49. The van der Waals surface area contributed by atoms with Crippen LogP contribution >= 0.6 is 11.6 Å². The van der Waals surface area contributed by atoms with Crippen LogP contribution in [0.1, 0.15) is 21.9 Å². The molecule has 0 saturated heterocycles. The summed E-state index contributed by atoms with van der Waals surface area (Å²) in [4.78, 5) is 31.3. The minimum atomic E-state index is -0.468. The Bertz CT molecular complexity index is 1020. The van der Waals surface area contributed by atoms with Crippen LogP contribution in [0, 0.1) is 13.8 Å². The Hall–Kier alpha value is -3.24. The molecule has 0 radical (unpaired) electrons. The lowest BCUT2D eigenvalue weighted by atomic mass is 10.2. The third-order valence-corrected chi connectivity index (χ3v) is 4.31. The number of benzene rings is 1. The van der Waals surface area contributed by atoms with E-state index in [4.69, 9.17) is 16.0 Å². The van der Waals surface area contributed by atoms with Crippen molar-refractivity contribution in [1.82, 2.24) is 24.8 Å². The lowest BCUT2D eigenvalue weighted by Gasteiger charge is -2.11. The van der Waals surface area contributed by atoms with E-state index in [1.807, 2.05) is 38.1 Å². The van der Waals surface area contributed by atoms with Crippen molar-refractivity contribution < 1.29 is 9.21 Å². The normalized spacial score (nSPS) is 10.9. The molecular weight excluding hydrogens is 408 g/mol. The Balaban J connectivity index is 1.68. The molecule has 11 heteroatoms. The van der Waals surface area contributed by atoms with E-state index in [-0.39, 0.29) is 17.7 Å². The summed E-state index contributed by atoms with van der Waals surface area (Å²) in [6.45, 7) is 5.11. The van der Waals surface area contributed by atoms with E-state index in [9.17, 15) is 4.79 Å². The van der Waals surface area contributed by atoms with Crippen LogP contribution in [0.15, 0.2) is 28.8 Å². The van der Waals surface area contributed by atoms with Gasteiger partial charge in [-0.25, -0.2) is 4.98 Å². The number of aromatic nitrogens is 4. The number of hydrogen-bond donors (Lipinski definition) is 3. The number of nitrogens with one attached hydrogen (secondary N) is 3. The maximum absolute atomic E-state index is 12.5. The summed E-state index contributed by atoms with van der Waals surface area (Å²) in [5.41, 5.74) is 1.36. The first-order valence-electron chi connectivity index (χ1n) is 9.22. The fraction of sp³-hybridized carbons (Fsp3) is 0.316. The van der Waals surface area contributed by atoms with Gasteiger partial charge in [0.15, 0.2) is 0 Å². The van der Waals surface area contributed by atoms with E-state index in [0.29, 0.717) is 29.0 Å². The number of aryl methyl sites for hydroxylation is 2. The summed E-state index contributed by atoms with van der Waals surface area (Å²) >= 11 is 6.15. The first-order valence-corrected chi connectivity index (χ1v) is 9.60. The fourth-order valence-electron chi connectivity index (χ4n) is 2.51. The predicted octanol–water partition coefficient (Wildman–Crippen LogP) is 3.10. The van der Waals surface area contributed by atoms with Gasteiger partial charge in [0.25, 0.3) is 5.91 Å². The van der Waals surface area contributed by atoms with Gasteiger partial charge >= 0.3 is 6.01 Å². The van der Waals surface area contributed by atoms with Gasteiger partial charge in [-0.05, 0) is 39.6 Å². The monoisotopic (exact) mass is 430 g/mol. The van der Waals surface area contributed by atoms with Gasteiger partial charge in [-0.1, -0.05) is 23.7 Å². The number of amides is 1. The van der Waals surface area contributed by atoms with Crippen LogP contribution in [-0.2, 0) is 0 Å². The topological polar surface area (TPSA) is 121 Å². The molecule has 2 heterocycles. The van der Waals surface area contributed by atoms with Crippen molar-refractivity contribution in [3.63, 3.8) is 0 Å². The number of carbonyl (C=O) groups excluding carboxylic acids is 1. The number of para-hydroxylation sites is 1. The molecule has 0 unspecified atom stereocenters. The van der Waals surface area contributed by atoms with Crippen LogP contribution in [-0.4, -0.2) is 57.9 Å². The molecule has 1 aromatic carbocycles. The molecule has 0 saturated carbocycles. The number of anilines is 4. The third-order valence-electron chi connectivity index (χ3n) is 4.00. The van der Waals surface area contributed by atoms with Crippen molar-refractivity contribution in [3.8, 4) is 0 Å². The van der Waals surface area contributed by atoms with Gasteiger partial charge in [0.2, 0.25) is 17.7 Å². The minimum absolute atomic E-state index is 0.0203. The Morgan fingerprint density at radius 3 is 2.67 bits per heavy atom. The van der Waals surface area contributed by atoms with Crippen LogP contribution in [0.3, 0.4) is 0 Å². The molecule has 2 aromatic heterocycles. The summed E-state index contributed by atoms with van der Waals surface area (Å²) in [7, 11) is 3.97. The molecule has 0 bridgehead atoms. The molecule has 0 spiro atoms. The zero-order chi connectivity index (χ0) is 21.7. The molecule has 0 atom stereocenters. The second kappa shape index (κ2) is 9.51. The zero-order valence-corrected chi connectivity index (χ0v) is 17.9. The lowest BCUT2D eigenvalue weighted by Crippen LogP contribution is -2.22. The van der Waals surface area contributed by atoms with Crippen molar-refractivity contribution >= 4 is 41.1 Å². The van der Waals surface area contributed by atoms with Crippen LogP contribution in [0.25, 0.3) is 0 Å². The quantitative estimate of drug-likeness (QED) is 0.494. The SMILES string of the molecule is Cc1nc(NCCN(C)C)nc(Nc2ncc(C(=O)Nc3c(C)cccc3Cl)o2)n1. The molecule has 3 aromatic rings. The first-order chi connectivity index (χ1) is 14.3. The Morgan fingerprint density at radius 2 is 1.93 bits per heavy atom. The highest BCUT2D eigenvalue weighted by molar-refractivity contribution is 6.34. The number of likely N-dealkylation sites (N-methyl/N-ethyl adjacent to an activating group) is 1. The Labute approximate surface area is 179 Å². The molecule has 0 fully saturated rings. The van der Waals surface area contributed by atoms with Crippen LogP contribution < -0.4 is 16.0 Å². The Kier molecular flexibility index (Phi) is 6.80. The van der Waals surface area contributed by atoms with Gasteiger partial charge in [0, 0.05) is 13.1 Å². The molecule has 1 amide bonds. The largest absolute Gasteiger partial charge is 0.418 e. The van der Waals surface area contributed by atoms with Gasteiger partial charge in [-0.3, -0.25) is 10.1 Å². The van der Waals surface area contributed by atoms with Crippen molar-refractivity contribution in [2.24, 2.45) is 0 Å². The maximum Gasteiger partial charge on any atom is 0.302 e. The van der Waals surface area contributed by atoms with Crippen LogP contribution in [0.5, 0.6) is 0 Å². The molecular formula is C19H23ClN8O2. The fourth-order valence-corrected chi connectivity index (χ4v) is 2.78. The van der Waals surface area contributed by atoms with Gasteiger partial charge < -0.3 is 20.0 Å². The first kappa shape index (κ1) is 21.5. The highest BCUT2D eigenvalue weighted by atomic mass is 35.5. The standard InChI is InChI=1S/C19H23ClN8O2/c1-11-6-5-7-13(20)15(11)25-16(29)14-10-22-19(30-14)27-18-24-12(2)23-17(26-18)21-8-9-28(3)4/h5-7,10H,8-9H2,1-4H3,(H,25,29)(H2,21,22,23,24,26,27). The highest BCUT2D eigenvalue weighted by Crippen LogP contribution is 2.26. The Morgan fingerprint density at radius 1 is 1.17 bits per heavy atom. The van der Waals surface area contributed by atoms with E-state index < -0.39 is 5.91 Å². The third kappa shape index (κ3) is 5.65. The van der Waals surface area contributed by atoms with Gasteiger partial charge in [0.05, 0.1) is 16.9 Å². The molecule has 0 aliphatic heterocycles. The van der Waals surface area contributed by atoms with Gasteiger partial charge in [-0.15, -0.1) is 0 Å². The maximum atomic E-state index is 12.5. The van der Waals surface area contributed by atoms with E-state index >= 15 is 0 Å². The molecule has 30 heavy (non-hydrogen) atoms. The predicted molar refractivity (Wildman–Crippen MR) is 116 cm³/mol. The molecule has 0 aliphatic rings. The molecule has 0 aliphatic carbocycles. The number of rotatable bonds is 8. The zero-order valence-electron chi connectivity index (χ0n) is 17.2. The summed E-state index contributed by atoms with van der Waals surface area (Å²) in [5, 5.41) is 9.16. The van der Waals surface area contributed by atoms with Crippen molar-refractivity contribution in [1.29, 1.82) is 0 Å². The highest BCUT2D eigenvalue weighted by Gasteiger charge is 2.16. The summed E-state index contributed by atoms with van der Waals surface area (Å²) in [6, 6.07) is 5.44. The van der Waals surface area contributed by atoms with Gasteiger partial charge in [-0.2, -0.15) is 15.0 Å². The van der Waals surface area contributed by atoms with E-state index in [2.05, 4.69) is 35.9 Å². The lowest BCUT2D eigenvalue weighted by molar-refractivity contribution is 0.0997.